The Balaban J connectivity index is 2.20. The molecule has 0 spiro atoms. The van der Waals surface area contributed by atoms with Gasteiger partial charge in [-0.15, -0.1) is 11.3 Å². The number of carboxylic acid groups (broad SMARTS) is 1. The van der Waals surface area contributed by atoms with Gasteiger partial charge in [0.25, 0.3) is 5.91 Å². The molecule has 1 N–H and O–H groups in total. The number of thiazole rings is 1. The van der Waals surface area contributed by atoms with Crippen LogP contribution in [0.15, 0.2) is 0 Å². The molecular weight excluding hydrogens is 280 g/mol. The van der Waals surface area contributed by atoms with Crippen LogP contribution in [-0.4, -0.2) is 52.7 Å². The molecule has 0 aromatic carbocycles. The zero-order valence-electron chi connectivity index (χ0n) is 11.6. The fourth-order valence-electron chi connectivity index (χ4n) is 2.23. The minimum Gasteiger partial charge on any atom is -0.481 e. The predicted octanol–water partition coefficient (Wildman–Crippen LogP) is 1.33. The molecule has 1 amide bonds. The van der Waals surface area contributed by atoms with Crippen LogP contribution in [0.1, 0.15) is 33.7 Å². The Morgan fingerprint density at radius 3 is 2.90 bits per heavy atom. The van der Waals surface area contributed by atoms with E-state index in [1.165, 1.54) is 11.3 Å². The van der Waals surface area contributed by atoms with Crippen LogP contribution in [0.3, 0.4) is 0 Å². The van der Waals surface area contributed by atoms with Gasteiger partial charge in [-0.2, -0.15) is 0 Å². The number of hydrogen-bond acceptors (Lipinski definition) is 5. The first-order chi connectivity index (χ1) is 9.52. The molecule has 0 radical (unpaired) electrons. The van der Waals surface area contributed by atoms with Crippen molar-refractivity contribution in [1.29, 1.82) is 0 Å². The third-order valence-corrected chi connectivity index (χ3v) is 4.53. The van der Waals surface area contributed by atoms with Gasteiger partial charge in [0.2, 0.25) is 0 Å². The zero-order valence-corrected chi connectivity index (χ0v) is 12.4. The summed E-state index contributed by atoms with van der Waals surface area (Å²) in [5, 5.41) is 9.85. The number of hydrogen-bond donors (Lipinski definition) is 1. The van der Waals surface area contributed by atoms with Gasteiger partial charge in [-0.25, -0.2) is 4.98 Å². The highest BCUT2D eigenvalue weighted by Gasteiger charge is 2.31. The third-order valence-electron chi connectivity index (χ3n) is 3.24. The summed E-state index contributed by atoms with van der Waals surface area (Å²) < 4.78 is 5.29. The van der Waals surface area contributed by atoms with Crippen LogP contribution >= 0.6 is 11.3 Å². The van der Waals surface area contributed by atoms with Gasteiger partial charge in [0.1, 0.15) is 4.88 Å². The number of carbonyl (C=O) groups is 2. The minimum atomic E-state index is -0.923. The lowest BCUT2D eigenvalue weighted by atomic mass is 10.1. The van der Waals surface area contributed by atoms with Gasteiger partial charge in [-0.3, -0.25) is 9.59 Å². The highest BCUT2D eigenvalue weighted by Crippen LogP contribution is 2.23. The molecule has 1 unspecified atom stereocenters. The van der Waals surface area contributed by atoms with Gasteiger partial charge in [0.15, 0.2) is 0 Å². The van der Waals surface area contributed by atoms with E-state index in [9.17, 15) is 9.59 Å². The Kier molecular flexibility index (Phi) is 4.72. The van der Waals surface area contributed by atoms with Crippen molar-refractivity contribution < 1.29 is 19.4 Å². The number of aliphatic carboxylic acids is 1. The number of aromatic nitrogens is 1. The van der Waals surface area contributed by atoms with Crippen LogP contribution in [0, 0.1) is 6.92 Å². The van der Waals surface area contributed by atoms with E-state index in [2.05, 4.69) is 4.98 Å². The second-order valence-electron chi connectivity index (χ2n) is 4.70. The quantitative estimate of drug-likeness (QED) is 0.907. The van der Waals surface area contributed by atoms with Crippen LogP contribution in [0.2, 0.25) is 0 Å². The predicted molar refractivity (Wildman–Crippen MR) is 74.1 cm³/mol. The van der Waals surface area contributed by atoms with Crippen molar-refractivity contribution in [3.63, 3.8) is 0 Å². The standard InChI is InChI=1S/C13H18N2O4S/c1-3-10-14-8(2)12(20-10)13(18)15-4-5-19-7-9(15)6-11(16)17/h9H,3-7H2,1-2H3,(H,16,17). The van der Waals surface area contributed by atoms with Gasteiger partial charge < -0.3 is 14.7 Å². The minimum absolute atomic E-state index is 0.0930. The summed E-state index contributed by atoms with van der Waals surface area (Å²) in [6.45, 7) is 4.95. The van der Waals surface area contributed by atoms with Crippen molar-refractivity contribution in [3.8, 4) is 0 Å². The normalized spacial score (nSPS) is 19.1. The molecule has 2 heterocycles. The summed E-state index contributed by atoms with van der Waals surface area (Å²) in [6.07, 6.45) is 0.699. The summed E-state index contributed by atoms with van der Waals surface area (Å²) in [5.74, 6) is -1.05. The van der Waals surface area contributed by atoms with Crippen LogP contribution in [-0.2, 0) is 16.0 Å². The molecule has 110 valence electrons. The van der Waals surface area contributed by atoms with Crippen LogP contribution in [0.25, 0.3) is 0 Å². The van der Waals surface area contributed by atoms with E-state index < -0.39 is 12.0 Å². The third kappa shape index (κ3) is 3.16. The summed E-state index contributed by atoms with van der Waals surface area (Å²) in [6, 6.07) is -0.402. The molecule has 1 saturated heterocycles. The number of carboxylic acids is 1. The number of amides is 1. The van der Waals surface area contributed by atoms with Crippen molar-refractivity contribution in [2.45, 2.75) is 32.7 Å². The Hall–Kier alpha value is -1.47. The topological polar surface area (TPSA) is 79.7 Å². The van der Waals surface area contributed by atoms with E-state index in [1.54, 1.807) is 4.90 Å². The number of aryl methyl sites for hydroxylation is 2. The van der Waals surface area contributed by atoms with Crippen LogP contribution < -0.4 is 0 Å². The molecule has 1 aromatic rings. The highest BCUT2D eigenvalue weighted by atomic mass is 32.1. The summed E-state index contributed by atoms with van der Waals surface area (Å²) in [5.41, 5.74) is 0.720. The number of ether oxygens (including phenoxy) is 1. The van der Waals surface area contributed by atoms with Gasteiger partial charge in [-0.1, -0.05) is 6.92 Å². The molecule has 2 rings (SSSR count). The second kappa shape index (κ2) is 6.32. The second-order valence-corrected chi connectivity index (χ2v) is 5.78. The Bertz CT molecular complexity index is 514. The van der Waals surface area contributed by atoms with Crippen LogP contribution in [0.4, 0.5) is 0 Å². The number of nitrogens with zero attached hydrogens (tertiary/aromatic N) is 2. The fraction of sp³-hybridized carbons (Fsp3) is 0.615. The Morgan fingerprint density at radius 2 is 2.30 bits per heavy atom. The number of rotatable bonds is 4. The first-order valence-electron chi connectivity index (χ1n) is 6.59. The molecule has 0 saturated carbocycles. The van der Waals surface area contributed by atoms with E-state index in [-0.39, 0.29) is 18.9 Å². The monoisotopic (exact) mass is 298 g/mol. The summed E-state index contributed by atoms with van der Waals surface area (Å²) in [4.78, 5) is 30.0. The largest absolute Gasteiger partial charge is 0.481 e. The molecule has 1 aromatic heterocycles. The number of carbonyl (C=O) groups excluding carboxylic acids is 1. The van der Waals surface area contributed by atoms with Gasteiger partial charge in [0, 0.05) is 6.54 Å². The van der Waals surface area contributed by atoms with E-state index in [0.29, 0.717) is 18.0 Å². The first kappa shape index (κ1) is 14.9. The molecule has 7 heteroatoms. The Labute approximate surface area is 121 Å². The molecule has 1 aliphatic heterocycles. The average Bonchev–Trinajstić information content (AvgIpc) is 2.79. The number of morpholine rings is 1. The molecular formula is C13H18N2O4S. The van der Waals surface area contributed by atoms with Crippen molar-refractivity contribution in [2.75, 3.05) is 19.8 Å². The smallest absolute Gasteiger partial charge is 0.305 e. The van der Waals surface area contributed by atoms with Crippen LogP contribution in [0.5, 0.6) is 0 Å². The lowest BCUT2D eigenvalue weighted by Gasteiger charge is -2.34. The van der Waals surface area contributed by atoms with E-state index >= 15 is 0 Å². The molecule has 6 nitrogen and oxygen atoms in total. The molecule has 0 bridgehead atoms. The molecule has 1 fully saturated rings. The van der Waals surface area contributed by atoms with Crippen molar-refractivity contribution in [1.82, 2.24) is 9.88 Å². The first-order valence-corrected chi connectivity index (χ1v) is 7.41. The molecule has 1 aliphatic rings. The zero-order chi connectivity index (χ0) is 14.7. The maximum Gasteiger partial charge on any atom is 0.305 e. The highest BCUT2D eigenvalue weighted by molar-refractivity contribution is 7.13. The fourth-order valence-corrected chi connectivity index (χ4v) is 3.19. The van der Waals surface area contributed by atoms with Gasteiger partial charge in [-0.05, 0) is 13.3 Å². The average molecular weight is 298 g/mol. The SMILES string of the molecule is CCc1nc(C)c(C(=O)N2CCOCC2CC(=O)O)s1. The van der Waals surface area contributed by atoms with Gasteiger partial charge in [0.05, 0.1) is 36.4 Å². The lowest BCUT2D eigenvalue weighted by Crippen LogP contribution is -2.49. The van der Waals surface area contributed by atoms with Crippen molar-refractivity contribution >= 4 is 23.2 Å². The Morgan fingerprint density at radius 1 is 1.55 bits per heavy atom. The molecule has 20 heavy (non-hydrogen) atoms. The maximum atomic E-state index is 12.6. The maximum absolute atomic E-state index is 12.6. The van der Waals surface area contributed by atoms with E-state index in [1.807, 2.05) is 13.8 Å². The lowest BCUT2D eigenvalue weighted by molar-refractivity contribution is -0.139. The van der Waals surface area contributed by atoms with Crippen molar-refractivity contribution in [3.05, 3.63) is 15.6 Å². The summed E-state index contributed by atoms with van der Waals surface area (Å²) >= 11 is 1.39. The van der Waals surface area contributed by atoms with E-state index in [0.717, 1.165) is 17.1 Å². The van der Waals surface area contributed by atoms with Gasteiger partial charge >= 0.3 is 5.97 Å². The van der Waals surface area contributed by atoms with Crippen molar-refractivity contribution in [2.24, 2.45) is 0 Å². The summed E-state index contributed by atoms with van der Waals surface area (Å²) in [7, 11) is 0. The van der Waals surface area contributed by atoms with E-state index in [4.69, 9.17) is 9.84 Å². The molecule has 0 aliphatic carbocycles. The molecule has 1 atom stereocenters.